The van der Waals surface area contributed by atoms with E-state index in [1.54, 1.807) is 13.8 Å². The summed E-state index contributed by atoms with van der Waals surface area (Å²) >= 11 is 0. The Balaban J connectivity index is 4.40. The molecule has 0 aliphatic rings. The molecule has 0 saturated carbocycles. The summed E-state index contributed by atoms with van der Waals surface area (Å²) in [5, 5.41) is 12.5. The van der Waals surface area contributed by atoms with Gasteiger partial charge >= 0.3 is 12.1 Å². The third-order valence-electron chi connectivity index (χ3n) is 3.23. The van der Waals surface area contributed by atoms with Crippen molar-refractivity contribution >= 4 is 28.1 Å². The minimum atomic E-state index is -3.91. The number of hydrogen-bond acceptors (Lipinski definition) is 10. The van der Waals surface area contributed by atoms with Gasteiger partial charge in [-0.15, -0.1) is 0 Å². The molecule has 0 aliphatic heterocycles. The topological polar surface area (TPSA) is 155 Å². The molecule has 0 heterocycles. The number of carbonyl (C=O) groups excluding carboxylic acids is 3. The quantitative estimate of drug-likeness (QED) is 0.192. The molecule has 1 atom stereocenters. The molecule has 0 rings (SSSR count). The van der Waals surface area contributed by atoms with Gasteiger partial charge in [0.15, 0.2) is 6.10 Å². The van der Waals surface area contributed by atoms with Crippen molar-refractivity contribution < 1.29 is 46.3 Å². The number of aliphatic hydroxyl groups excluding tert-OH is 1. The van der Waals surface area contributed by atoms with Crippen molar-refractivity contribution in [1.82, 2.24) is 5.32 Å². The summed E-state index contributed by atoms with van der Waals surface area (Å²) < 4.78 is 42.3. The minimum Gasteiger partial charge on any atom is -0.431 e. The highest BCUT2D eigenvalue weighted by atomic mass is 32.2. The summed E-state index contributed by atoms with van der Waals surface area (Å²) in [6, 6.07) is 0. The molecule has 0 fully saturated rings. The summed E-state index contributed by atoms with van der Waals surface area (Å²) in [5.41, 5.74) is -1.31. The summed E-state index contributed by atoms with van der Waals surface area (Å²) in [7, 11) is -3.91. The molecule has 1 amide bonds. The summed E-state index contributed by atoms with van der Waals surface area (Å²) in [4.78, 5) is 33.7. The number of hydrogen-bond donors (Lipinski definition) is 2. The molecule has 0 spiro atoms. The molecule has 12 heteroatoms. The Bertz CT molecular complexity index is 629. The lowest BCUT2D eigenvalue weighted by molar-refractivity contribution is -0.171. The van der Waals surface area contributed by atoms with Crippen LogP contribution in [-0.2, 0) is 38.1 Å². The molecule has 0 saturated heterocycles. The molecule has 0 aliphatic carbocycles. The van der Waals surface area contributed by atoms with Crippen molar-refractivity contribution in [1.29, 1.82) is 0 Å². The van der Waals surface area contributed by atoms with E-state index in [2.05, 4.69) is 19.5 Å². The zero-order valence-electron chi connectivity index (χ0n) is 16.7. The average molecular weight is 427 g/mol. The Labute approximate surface area is 164 Å². The van der Waals surface area contributed by atoms with E-state index in [0.29, 0.717) is 0 Å². The molecule has 0 radical (unpaired) electrons. The lowest BCUT2D eigenvalue weighted by atomic mass is 9.88. The van der Waals surface area contributed by atoms with Crippen LogP contribution >= 0.6 is 0 Å². The van der Waals surface area contributed by atoms with E-state index in [-0.39, 0.29) is 24.6 Å². The Kier molecular flexibility index (Phi) is 11.0. The van der Waals surface area contributed by atoms with Crippen LogP contribution in [0.15, 0.2) is 0 Å². The Morgan fingerprint density at radius 1 is 1.14 bits per heavy atom. The number of carbonyl (C=O) groups is 3. The molecular weight excluding hydrogens is 398 g/mol. The van der Waals surface area contributed by atoms with Crippen molar-refractivity contribution in [3.05, 3.63) is 0 Å². The highest BCUT2D eigenvalue weighted by molar-refractivity contribution is 7.86. The largest absolute Gasteiger partial charge is 0.511 e. The van der Waals surface area contributed by atoms with Crippen LogP contribution in [0.2, 0.25) is 0 Å². The first-order valence-electron chi connectivity index (χ1n) is 8.56. The monoisotopic (exact) mass is 427 g/mol. The van der Waals surface area contributed by atoms with Gasteiger partial charge in [0.05, 0.1) is 18.5 Å². The van der Waals surface area contributed by atoms with Crippen molar-refractivity contribution in [3.8, 4) is 0 Å². The van der Waals surface area contributed by atoms with Crippen molar-refractivity contribution in [3.63, 3.8) is 0 Å². The van der Waals surface area contributed by atoms with Gasteiger partial charge in [0.2, 0.25) is 12.7 Å². The molecular formula is C16H29NO10S. The van der Waals surface area contributed by atoms with E-state index in [1.807, 2.05) is 0 Å². The van der Waals surface area contributed by atoms with E-state index in [9.17, 15) is 27.9 Å². The number of ether oxygens (including phenoxy) is 3. The first kappa shape index (κ1) is 26.1. The SMILES string of the molecule is CC(=O)NCCCS(=O)(=O)OCC(C)(C)[C@@H](O)C(=O)OCOC(=O)OC(C)C. The average Bonchev–Trinajstić information content (AvgIpc) is 2.55. The van der Waals surface area contributed by atoms with Crippen LogP contribution in [0, 0.1) is 5.41 Å². The van der Waals surface area contributed by atoms with E-state index in [4.69, 9.17) is 4.18 Å². The maximum Gasteiger partial charge on any atom is 0.511 e. The molecule has 11 nitrogen and oxygen atoms in total. The smallest absolute Gasteiger partial charge is 0.431 e. The fourth-order valence-electron chi connectivity index (χ4n) is 1.65. The first-order chi connectivity index (χ1) is 12.8. The Morgan fingerprint density at radius 2 is 1.75 bits per heavy atom. The number of nitrogens with one attached hydrogen (secondary N) is 1. The lowest BCUT2D eigenvalue weighted by Crippen LogP contribution is -2.42. The number of esters is 1. The van der Waals surface area contributed by atoms with E-state index < -0.39 is 53.3 Å². The van der Waals surface area contributed by atoms with Gasteiger partial charge in [-0.1, -0.05) is 13.8 Å². The summed E-state index contributed by atoms with van der Waals surface area (Å²) in [6.07, 6.45) is -3.03. The maximum atomic E-state index is 11.8. The van der Waals surface area contributed by atoms with Crippen LogP contribution in [0.1, 0.15) is 41.0 Å². The molecule has 0 aromatic heterocycles. The predicted molar refractivity (Wildman–Crippen MR) is 96.5 cm³/mol. The third-order valence-corrected chi connectivity index (χ3v) is 4.49. The van der Waals surface area contributed by atoms with Gasteiger partial charge in [0.25, 0.3) is 10.1 Å². The Hall–Kier alpha value is -1.92. The van der Waals surface area contributed by atoms with Crippen molar-refractivity contribution in [2.75, 3.05) is 25.7 Å². The van der Waals surface area contributed by atoms with Gasteiger partial charge in [-0.3, -0.25) is 8.98 Å². The highest BCUT2D eigenvalue weighted by Crippen LogP contribution is 2.23. The molecule has 164 valence electrons. The molecule has 0 aromatic carbocycles. The van der Waals surface area contributed by atoms with Crippen LogP contribution in [0.4, 0.5) is 4.79 Å². The van der Waals surface area contributed by atoms with E-state index in [0.717, 1.165) is 0 Å². The standard InChI is InChI=1S/C16H29NO10S/c1-11(2)27-15(21)25-10-24-14(20)13(19)16(4,5)9-26-28(22,23)8-6-7-17-12(3)18/h11,13,19H,6-10H2,1-5H3,(H,17,18)/t13-/m0/s1. The minimum absolute atomic E-state index is 0.150. The normalized spacial score (nSPS) is 13.0. The second-order valence-corrected chi connectivity index (χ2v) is 8.65. The van der Waals surface area contributed by atoms with Gasteiger partial charge in [-0.05, 0) is 20.3 Å². The van der Waals surface area contributed by atoms with Crippen LogP contribution in [0.5, 0.6) is 0 Å². The van der Waals surface area contributed by atoms with Crippen LogP contribution in [0.25, 0.3) is 0 Å². The zero-order chi connectivity index (χ0) is 22.0. The van der Waals surface area contributed by atoms with Gasteiger partial charge < -0.3 is 24.6 Å². The van der Waals surface area contributed by atoms with Crippen molar-refractivity contribution in [2.24, 2.45) is 5.41 Å². The molecule has 2 N–H and O–H groups in total. The zero-order valence-corrected chi connectivity index (χ0v) is 17.5. The van der Waals surface area contributed by atoms with Crippen LogP contribution in [0.3, 0.4) is 0 Å². The second-order valence-electron chi connectivity index (χ2n) is 6.89. The second kappa shape index (κ2) is 11.8. The van der Waals surface area contributed by atoms with Gasteiger partial charge in [0, 0.05) is 18.9 Å². The van der Waals surface area contributed by atoms with Crippen LogP contribution in [-0.4, -0.2) is 69.5 Å². The molecule has 0 aromatic rings. The molecule has 0 unspecified atom stereocenters. The van der Waals surface area contributed by atoms with Crippen molar-refractivity contribution in [2.45, 2.75) is 53.2 Å². The molecule has 0 bridgehead atoms. The number of amides is 1. The van der Waals surface area contributed by atoms with E-state index >= 15 is 0 Å². The number of aliphatic hydroxyl groups is 1. The fraction of sp³-hybridized carbons (Fsp3) is 0.812. The lowest BCUT2D eigenvalue weighted by Gasteiger charge is -2.28. The molecule has 28 heavy (non-hydrogen) atoms. The highest BCUT2D eigenvalue weighted by Gasteiger charge is 2.36. The van der Waals surface area contributed by atoms with E-state index in [1.165, 1.54) is 20.8 Å². The van der Waals surface area contributed by atoms with Gasteiger partial charge in [-0.25, -0.2) is 9.59 Å². The fourth-order valence-corrected chi connectivity index (χ4v) is 2.75. The van der Waals surface area contributed by atoms with Gasteiger partial charge in [0.1, 0.15) is 0 Å². The summed E-state index contributed by atoms with van der Waals surface area (Å²) in [6.45, 7) is 6.25. The Morgan fingerprint density at radius 3 is 2.29 bits per heavy atom. The van der Waals surface area contributed by atoms with Gasteiger partial charge in [-0.2, -0.15) is 8.42 Å². The van der Waals surface area contributed by atoms with Crippen LogP contribution < -0.4 is 5.32 Å². The first-order valence-corrected chi connectivity index (χ1v) is 10.1. The summed E-state index contributed by atoms with van der Waals surface area (Å²) in [5.74, 6) is -1.73. The predicted octanol–water partition coefficient (Wildman–Crippen LogP) is 0.308. The third kappa shape index (κ3) is 11.7. The number of rotatable bonds is 12. The maximum absolute atomic E-state index is 11.8.